The Morgan fingerprint density at radius 2 is 1.78 bits per heavy atom. The number of para-hydroxylation sites is 1. The van der Waals surface area contributed by atoms with E-state index in [4.69, 9.17) is 16.6 Å². The number of halogens is 1. The van der Waals surface area contributed by atoms with Crippen LogP contribution >= 0.6 is 22.9 Å². The second-order valence-electron chi connectivity index (χ2n) is 8.93. The number of nitrogens with zero attached hydrogens (tertiary/aromatic N) is 2. The van der Waals surface area contributed by atoms with Crippen LogP contribution in [-0.2, 0) is 12.8 Å². The number of amides is 1. The van der Waals surface area contributed by atoms with Crippen molar-refractivity contribution in [2.75, 3.05) is 6.61 Å². The molecular weight excluding hydrogens is 506 g/mol. The number of aliphatic hydroxyl groups is 1. The molecule has 0 unspecified atom stereocenters. The van der Waals surface area contributed by atoms with Gasteiger partial charge in [-0.15, -0.1) is 11.3 Å². The molecule has 2 aromatic heterocycles. The Balaban J connectivity index is 1.97. The van der Waals surface area contributed by atoms with Gasteiger partial charge in [0.2, 0.25) is 0 Å². The number of carbonyl (C=O) groups excluding carboxylic acids is 1. The van der Waals surface area contributed by atoms with E-state index >= 15 is 0 Å². The average molecular weight is 536 g/mol. The number of hydrogen-bond acceptors (Lipinski definition) is 5. The lowest BCUT2D eigenvalue weighted by Crippen LogP contribution is -2.37. The van der Waals surface area contributed by atoms with Crippen molar-refractivity contribution in [3.8, 4) is 27.5 Å². The molecule has 0 spiro atoms. The number of aryl methyl sites for hydroxylation is 2. The summed E-state index contributed by atoms with van der Waals surface area (Å²) >= 11 is 7.39. The molecule has 0 aliphatic carbocycles. The molecular formula is C29H30ClN3O3S. The molecule has 0 aliphatic rings. The molecule has 2 heterocycles. The van der Waals surface area contributed by atoms with Crippen molar-refractivity contribution in [2.45, 2.75) is 46.6 Å². The second kappa shape index (κ2) is 11.4. The smallest absolute Gasteiger partial charge is 0.265 e. The fourth-order valence-corrected chi connectivity index (χ4v) is 5.32. The van der Waals surface area contributed by atoms with Gasteiger partial charge >= 0.3 is 0 Å². The van der Waals surface area contributed by atoms with Gasteiger partial charge in [-0.05, 0) is 56.0 Å². The van der Waals surface area contributed by atoms with Crippen LogP contribution in [0.1, 0.15) is 48.0 Å². The molecule has 1 atom stereocenters. The first-order valence-electron chi connectivity index (χ1n) is 12.3. The Labute approximate surface area is 225 Å². The molecule has 4 rings (SSSR count). The molecule has 1 amide bonds. The number of benzene rings is 2. The number of nitrogens with one attached hydrogen (secondary N) is 1. The number of thiazole rings is 1. The lowest BCUT2D eigenvalue weighted by Gasteiger charge is -2.21. The highest BCUT2D eigenvalue weighted by Gasteiger charge is 2.23. The van der Waals surface area contributed by atoms with Crippen molar-refractivity contribution in [1.29, 1.82) is 0 Å². The highest BCUT2D eigenvalue weighted by molar-refractivity contribution is 7.13. The third-order valence-electron chi connectivity index (χ3n) is 6.41. The van der Waals surface area contributed by atoms with E-state index in [1.165, 1.54) is 11.3 Å². The van der Waals surface area contributed by atoms with Crippen LogP contribution in [0.3, 0.4) is 0 Å². The number of aromatic nitrogens is 2. The van der Waals surface area contributed by atoms with Crippen molar-refractivity contribution in [3.05, 3.63) is 91.7 Å². The summed E-state index contributed by atoms with van der Waals surface area (Å²) in [6.45, 7) is 7.44. The second-order valence-corrected chi connectivity index (χ2v) is 10.2. The fraction of sp³-hybridized carbons (Fsp3) is 0.276. The molecule has 2 N–H and O–H groups in total. The highest BCUT2D eigenvalue weighted by Crippen LogP contribution is 2.30. The van der Waals surface area contributed by atoms with Gasteiger partial charge in [-0.1, -0.05) is 55.8 Å². The van der Waals surface area contributed by atoms with E-state index in [0.717, 1.165) is 40.9 Å². The predicted octanol–water partition coefficient (Wildman–Crippen LogP) is 5.83. The number of rotatable bonds is 8. The SMILES string of the molecule is CCc1cccc(CC)c1-n1c(C)c(C(=O)N[C@H](C)CO)cc(-c2nc(-c3ccc(Cl)cc3)cs2)c1=O. The van der Waals surface area contributed by atoms with Gasteiger partial charge < -0.3 is 10.4 Å². The molecule has 192 valence electrons. The van der Waals surface area contributed by atoms with Crippen LogP contribution < -0.4 is 10.9 Å². The lowest BCUT2D eigenvalue weighted by atomic mass is 10.0. The Morgan fingerprint density at radius 3 is 2.38 bits per heavy atom. The van der Waals surface area contributed by atoms with Crippen molar-refractivity contribution < 1.29 is 9.90 Å². The van der Waals surface area contributed by atoms with Gasteiger partial charge in [0.1, 0.15) is 5.01 Å². The Morgan fingerprint density at radius 1 is 1.14 bits per heavy atom. The van der Waals surface area contributed by atoms with Gasteiger partial charge in [-0.2, -0.15) is 0 Å². The molecule has 2 aromatic carbocycles. The summed E-state index contributed by atoms with van der Waals surface area (Å²) in [5.74, 6) is -0.351. The first-order valence-corrected chi connectivity index (χ1v) is 13.6. The number of aliphatic hydroxyl groups excluding tert-OH is 1. The van der Waals surface area contributed by atoms with Gasteiger partial charge in [0, 0.05) is 27.7 Å². The zero-order chi connectivity index (χ0) is 26.7. The van der Waals surface area contributed by atoms with Crippen molar-refractivity contribution >= 4 is 28.8 Å². The first-order chi connectivity index (χ1) is 17.8. The van der Waals surface area contributed by atoms with Crippen molar-refractivity contribution in [2.24, 2.45) is 0 Å². The number of hydrogen-bond donors (Lipinski definition) is 2. The minimum absolute atomic E-state index is 0.188. The van der Waals surface area contributed by atoms with E-state index in [9.17, 15) is 14.7 Å². The van der Waals surface area contributed by atoms with Gasteiger partial charge in [0.15, 0.2) is 0 Å². The summed E-state index contributed by atoms with van der Waals surface area (Å²) < 4.78 is 1.66. The number of pyridine rings is 1. The van der Waals surface area contributed by atoms with E-state index in [2.05, 4.69) is 19.2 Å². The van der Waals surface area contributed by atoms with Gasteiger partial charge in [-0.25, -0.2) is 4.98 Å². The third kappa shape index (κ3) is 5.39. The van der Waals surface area contributed by atoms with Gasteiger partial charge in [-0.3, -0.25) is 14.2 Å². The maximum absolute atomic E-state index is 14.1. The molecule has 0 bridgehead atoms. The molecule has 6 nitrogen and oxygen atoms in total. The molecule has 8 heteroatoms. The maximum Gasteiger partial charge on any atom is 0.265 e. The maximum atomic E-state index is 14.1. The Hall–Kier alpha value is -3.26. The van der Waals surface area contributed by atoms with Gasteiger partial charge in [0.05, 0.1) is 29.1 Å². The summed E-state index contributed by atoms with van der Waals surface area (Å²) in [5.41, 5.74) is 5.52. The van der Waals surface area contributed by atoms with Crippen LogP contribution in [0.5, 0.6) is 0 Å². The standard InChI is InChI=1S/C29H30ClN3O3S/c1-5-19-8-7-9-20(6-2)26(19)33-18(4)23(27(35)31-17(3)15-34)14-24(29(33)36)28-32-25(16-37-28)21-10-12-22(30)13-11-21/h7-14,16-17,34H,5-6,15H2,1-4H3,(H,31,35)/t17-/m1/s1. The van der Waals surface area contributed by atoms with Crippen LogP contribution in [0.2, 0.25) is 5.02 Å². The normalized spacial score (nSPS) is 11.9. The van der Waals surface area contributed by atoms with E-state index in [1.54, 1.807) is 36.6 Å². The molecule has 0 aliphatic heterocycles. The number of carbonyl (C=O) groups is 1. The molecule has 0 fully saturated rings. The summed E-state index contributed by atoms with van der Waals surface area (Å²) in [7, 11) is 0. The molecule has 0 saturated carbocycles. The minimum Gasteiger partial charge on any atom is -0.394 e. The van der Waals surface area contributed by atoms with Crippen molar-refractivity contribution in [3.63, 3.8) is 0 Å². The van der Waals surface area contributed by atoms with E-state index in [0.29, 0.717) is 26.9 Å². The zero-order valence-corrected chi connectivity index (χ0v) is 22.9. The first kappa shape index (κ1) is 26.8. The molecule has 0 radical (unpaired) electrons. The third-order valence-corrected chi connectivity index (χ3v) is 7.53. The van der Waals surface area contributed by atoms with Crippen molar-refractivity contribution in [1.82, 2.24) is 14.9 Å². The van der Waals surface area contributed by atoms with Crippen LogP contribution in [0.15, 0.2) is 58.7 Å². The summed E-state index contributed by atoms with van der Waals surface area (Å²) in [5, 5.41) is 15.4. The molecule has 37 heavy (non-hydrogen) atoms. The summed E-state index contributed by atoms with van der Waals surface area (Å²) in [6.07, 6.45) is 1.47. The monoisotopic (exact) mass is 535 g/mol. The summed E-state index contributed by atoms with van der Waals surface area (Å²) in [6, 6.07) is 14.6. The lowest BCUT2D eigenvalue weighted by molar-refractivity contribution is 0.0921. The topological polar surface area (TPSA) is 84.2 Å². The highest BCUT2D eigenvalue weighted by atomic mass is 35.5. The molecule has 4 aromatic rings. The largest absolute Gasteiger partial charge is 0.394 e. The summed E-state index contributed by atoms with van der Waals surface area (Å²) in [4.78, 5) is 32.2. The quantitative estimate of drug-likeness (QED) is 0.297. The van der Waals surface area contributed by atoms with Crippen LogP contribution in [0, 0.1) is 6.92 Å². The Bertz CT molecular complexity index is 1470. The van der Waals surface area contributed by atoms with Gasteiger partial charge in [0.25, 0.3) is 11.5 Å². The fourth-order valence-electron chi connectivity index (χ4n) is 4.36. The Kier molecular flexibility index (Phi) is 8.27. The predicted molar refractivity (Wildman–Crippen MR) is 151 cm³/mol. The van der Waals surface area contributed by atoms with Crippen LogP contribution in [0.25, 0.3) is 27.5 Å². The van der Waals surface area contributed by atoms with E-state index in [-0.39, 0.29) is 18.1 Å². The zero-order valence-electron chi connectivity index (χ0n) is 21.3. The van der Waals surface area contributed by atoms with E-state index < -0.39 is 6.04 Å². The average Bonchev–Trinajstić information content (AvgIpc) is 3.39. The van der Waals surface area contributed by atoms with Crippen LogP contribution in [-0.4, -0.2) is 33.2 Å². The van der Waals surface area contributed by atoms with E-state index in [1.807, 2.05) is 35.7 Å². The minimum atomic E-state index is -0.429. The van der Waals surface area contributed by atoms with Crippen LogP contribution in [0.4, 0.5) is 0 Å². The molecule has 0 saturated heterocycles.